The quantitative estimate of drug-likeness (QED) is 0.567. The van der Waals surface area contributed by atoms with E-state index in [2.05, 4.69) is 4.74 Å². The average molecular weight is 259 g/mol. The van der Waals surface area contributed by atoms with E-state index in [0.29, 0.717) is 0 Å². The Morgan fingerprint density at radius 1 is 1.11 bits per heavy atom. The minimum atomic E-state index is -4.46. The summed E-state index contributed by atoms with van der Waals surface area (Å²) in [5.74, 6) is -1.55. The van der Waals surface area contributed by atoms with Gasteiger partial charge in [0.15, 0.2) is 0 Å². The molecular weight excluding hydrogens is 251 g/mol. The topological polar surface area (TPSA) is 46.6 Å². The molecule has 0 aliphatic carbocycles. The third-order valence-corrected chi connectivity index (χ3v) is 2.41. The smallest absolute Gasteiger partial charge is 0.390 e. The van der Waals surface area contributed by atoms with Crippen molar-refractivity contribution >= 4 is 17.6 Å². The van der Waals surface area contributed by atoms with Gasteiger partial charge in [-0.1, -0.05) is 6.07 Å². The van der Waals surface area contributed by atoms with E-state index < -0.39 is 23.7 Å². The fraction of sp³-hybridized carbons (Fsp3) is 0.273. The fourth-order valence-electron chi connectivity index (χ4n) is 1.62. The predicted molar refractivity (Wildman–Crippen MR) is 54.8 cm³/mol. The van der Waals surface area contributed by atoms with Crippen LogP contribution in [0.3, 0.4) is 0 Å². The number of esters is 2. The van der Waals surface area contributed by atoms with Gasteiger partial charge in [-0.3, -0.25) is 0 Å². The van der Waals surface area contributed by atoms with Gasteiger partial charge in [0.1, 0.15) is 13.1 Å². The van der Waals surface area contributed by atoms with Crippen LogP contribution in [0.2, 0.25) is 0 Å². The molecule has 1 aliphatic heterocycles. The summed E-state index contributed by atoms with van der Waals surface area (Å²) in [4.78, 5) is 23.3. The van der Waals surface area contributed by atoms with Crippen molar-refractivity contribution in [1.29, 1.82) is 0 Å². The minimum Gasteiger partial charge on any atom is -0.390 e. The Bertz CT molecular complexity index is 483. The molecule has 0 radical (unpaired) electrons. The Morgan fingerprint density at radius 2 is 1.72 bits per heavy atom. The monoisotopic (exact) mass is 259 g/mol. The van der Waals surface area contributed by atoms with E-state index in [0.717, 1.165) is 12.1 Å². The second-order valence-corrected chi connectivity index (χ2v) is 3.75. The lowest BCUT2D eigenvalue weighted by atomic mass is 10.1. The van der Waals surface area contributed by atoms with E-state index in [1.165, 1.54) is 17.0 Å². The normalized spacial score (nSPS) is 16.7. The van der Waals surface area contributed by atoms with Crippen LogP contribution >= 0.6 is 0 Å². The zero-order valence-corrected chi connectivity index (χ0v) is 9.03. The number of halogens is 3. The number of carbonyl (C=O) groups excluding carboxylic acids is 2. The SMILES string of the molecule is O=C1CN(c2cccc(C(F)(F)F)c2)CC(=O)O1. The first-order chi connectivity index (χ1) is 8.36. The third-order valence-electron chi connectivity index (χ3n) is 2.41. The molecule has 0 aromatic heterocycles. The summed E-state index contributed by atoms with van der Waals surface area (Å²) in [6.45, 7) is -0.486. The molecule has 1 saturated heterocycles. The molecule has 4 nitrogen and oxygen atoms in total. The molecule has 0 spiro atoms. The molecule has 2 rings (SSSR count). The predicted octanol–water partition coefficient (Wildman–Crippen LogP) is 1.60. The summed E-state index contributed by atoms with van der Waals surface area (Å²) in [6.07, 6.45) is -4.46. The number of hydrogen-bond donors (Lipinski definition) is 0. The maximum atomic E-state index is 12.5. The van der Waals surface area contributed by atoms with E-state index in [-0.39, 0.29) is 18.8 Å². The summed E-state index contributed by atoms with van der Waals surface area (Å²) < 4.78 is 41.8. The zero-order valence-electron chi connectivity index (χ0n) is 9.03. The second-order valence-electron chi connectivity index (χ2n) is 3.75. The zero-order chi connectivity index (χ0) is 13.3. The van der Waals surface area contributed by atoms with E-state index in [4.69, 9.17) is 0 Å². The Morgan fingerprint density at radius 3 is 2.28 bits per heavy atom. The van der Waals surface area contributed by atoms with Gasteiger partial charge >= 0.3 is 18.1 Å². The molecule has 0 saturated carbocycles. The molecule has 0 atom stereocenters. The van der Waals surface area contributed by atoms with Crippen molar-refractivity contribution in [3.05, 3.63) is 29.8 Å². The van der Waals surface area contributed by atoms with Crippen molar-refractivity contribution < 1.29 is 27.5 Å². The van der Waals surface area contributed by atoms with Gasteiger partial charge in [-0.25, -0.2) is 9.59 Å². The lowest BCUT2D eigenvalue weighted by molar-refractivity contribution is -0.160. The van der Waals surface area contributed by atoms with Crippen molar-refractivity contribution in [2.45, 2.75) is 6.18 Å². The Kier molecular flexibility index (Phi) is 2.98. The fourth-order valence-corrected chi connectivity index (χ4v) is 1.62. The summed E-state index contributed by atoms with van der Waals surface area (Å²) in [5.41, 5.74) is -0.666. The first kappa shape index (κ1) is 12.4. The lowest BCUT2D eigenvalue weighted by Gasteiger charge is -2.26. The molecule has 0 amide bonds. The van der Waals surface area contributed by atoms with Gasteiger partial charge in [0.05, 0.1) is 5.56 Å². The maximum Gasteiger partial charge on any atom is 0.416 e. The van der Waals surface area contributed by atoms with E-state index in [9.17, 15) is 22.8 Å². The number of alkyl halides is 3. The van der Waals surface area contributed by atoms with Crippen LogP contribution in [0.5, 0.6) is 0 Å². The van der Waals surface area contributed by atoms with Crippen LogP contribution in [0.4, 0.5) is 18.9 Å². The lowest BCUT2D eigenvalue weighted by Crippen LogP contribution is -2.43. The van der Waals surface area contributed by atoms with Gasteiger partial charge in [-0.2, -0.15) is 13.2 Å². The van der Waals surface area contributed by atoms with Crippen molar-refractivity contribution in [2.75, 3.05) is 18.0 Å². The number of benzene rings is 1. The highest BCUT2D eigenvalue weighted by molar-refractivity contribution is 5.94. The average Bonchev–Trinajstić information content (AvgIpc) is 2.27. The largest absolute Gasteiger partial charge is 0.416 e. The van der Waals surface area contributed by atoms with E-state index in [1.54, 1.807) is 0 Å². The number of ether oxygens (including phenoxy) is 1. The molecule has 1 fully saturated rings. The molecule has 1 aromatic carbocycles. The number of anilines is 1. The van der Waals surface area contributed by atoms with Crippen LogP contribution in [0.1, 0.15) is 5.56 Å². The van der Waals surface area contributed by atoms with E-state index in [1.807, 2.05) is 0 Å². The second kappa shape index (κ2) is 4.32. The molecule has 0 bridgehead atoms. The van der Waals surface area contributed by atoms with Crippen molar-refractivity contribution in [3.8, 4) is 0 Å². The Balaban J connectivity index is 2.28. The van der Waals surface area contributed by atoms with Gasteiger partial charge in [0.2, 0.25) is 0 Å². The number of rotatable bonds is 1. The van der Waals surface area contributed by atoms with Crippen LogP contribution < -0.4 is 4.90 Å². The Hall–Kier alpha value is -2.05. The van der Waals surface area contributed by atoms with Crippen LogP contribution in [-0.4, -0.2) is 25.0 Å². The summed E-state index contributed by atoms with van der Waals surface area (Å²) in [6, 6.07) is 4.45. The van der Waals surface area contributed by atoms with Gasteiger partial charge in [0.25, 0.3) is 0 Å². The molecule has 1 heterocycles. The molecule has 18 heavy (non-hydrogen) atoms. The first-order valence-electron chi connectivity index (χ1n) is 5.02. The van der Waals surface area contributed by atoms with Crippen LogP contribution in [0.25, 0.3) is 0 Å². The summed E-state index contributed by atoms with van der Waals surface area (Å²) in [7, 11) is 0. The maximum absolute atomic E-state index is 12.5. The standard InChI is InChI=1S/C11H8F3NO3/c12-11(13,14)7-2-1-3-8(4-7)15-5-9(16)18-10(17)6-15/h1-4H,5-6H2. The highest BCUT2D eigenvalue weighted by atomic mass is 19.4. The van der Waals surface area contributed by atoms with Gasteiger partial charge < -0.3 is 9.64 Å². The molecule has 0 N–H and O–H groups in total. The van der Waals surface area contributed by atoms with Crippen LogP contribution in [0, 0.1) is 0 Å². The summed E-state index contributed by atoms with van der Waals surface area (Å²) >= 11 is 0. The highest BCUT2D eigenvalue weighted by Gasteiger charge is 2.32. The van der Waals surface area contributed by atoms with Crippen molar-refractivity contribution in [2.24, 2.45) is 0 Å². The van der Waals surface area contributed by atoms with Crippen LogP contribution in [-0.2, 0) is 20.5 Å². The molecule has 0 unspecified atom stereocenters. The number of cyclic esters (lactones) is 2. The number of morpholine rings is 1. The van der Waals surface area contributed by atoms with Crippen molar-refractivity contribution in [3.63, 3.8) is 0 Å². The van der Waals surface area contributed by atoms with Crippen molar-refractivity contribution in [1.82, 2.24) is 0 Å². The number of nitrogens with zero attached hydrogens (tertiary/aromatic N) is 1. The van der Waals surface area contributed by atoms with Gasteiger partial charge in [0, 0.05) is 5.69 Å². The van der Waals surface area contributed by atoms with E-state index >= 15 is 0 Å². The third kappa shape index (κ3) is 2.61. The molecule has 1 aromatic rings. The molecule has 7 heteroatoms. The molecule has 96 valence electrons. The number of hydrogen-bond acceptors (Lipinski definition) is 4. The van der Waals surface area contributed by atoms with Gasteiger partial charge in [-0.05, 0) is 18.2 Å². The van der Waals surface area contributed by atoms with Gasteiger partial charge in [-0.15, -0.1) is 0 Å². The van der Waals surface area contributed by atoms with Crippen LogP contribution in [0.15, 0.2) is 24.3 Å². The molecular formula is C11H8F3NO3. The first-order valence-corrected chi connectivity index (χ1v) is 5.02. The Labute approximate surface area is 99.9 Å². The summed E-state index contributed by atoms with van der Waals surface area (Å²) in [5, 5.41) is 0. The highest BCUT2D eigenvalue weighted by Crippen LogP contribution is 2.31. The minimum absolute atomic E-state index is 0.162. The molecule has 1 aliphatic rings. The number of carbonyl (C=O) groups is 2.